The second-order valence-corrected chi connectivity index (χ2v) is 6.38. The Morgan fingerprint density at radius 2 is 1.12 bits per heavy atom. The van der Waals surface area contributed by atoms with Crippen LogP contribution in [0.15, 0.2) is 105 Å². The largest absolute Gasteiger partial charge is 0.309 e. The smallest absolute Gasteiger partial charge is 0.0619 e. The molecular weight excluding hydrogens is 398 g/mol. The van der Waals surface area contributed by atoms with E-state index in [-0.39, 0.29) is 0 Å². The predicted octanol–water partition coefficient (Wildman–Crippen LogP) is 10.5. The lowest BCUT2D eigenvalue weighted by molar-refractivity contribution is 1.11. The first-order valence-corrected chi connectivity index (χ1v) is 11.7. The quantitative estimate of drug-likeness (QED) is 0.280. The molecule has 4 aromatic rings. The maximum Gasteiger partial charge on any atom is 0.0619 e. The van der Waals surface area contributed by atoms with Gasteiger partial charge in [-0.3, -0.25) is 0 Å². The van der Waals surface area contributed by atoms with E-state index in [1.165, 1.54) is 21.7 Å². The van der Waals surface area contributed by atoms with Crippen LogP contribution in [0.3, 0.4) is 0 Å². The fourth-order valence-corrected chi connectivity index (χ4v) is 3.35. The Morgan fingerprint density at radius 1 is 0.606 bits per heavy atom. The second kappa shape index (κ2) is 17.0. The van der Waals surface area contributed by atoms with Gasteiger partial charge in [-0.05, 0) is 37.4 Å². The van der Waals surface area contributed by atoms with Crippen LogP contribution in [0.1, 0.15) is 52.8 Å². The van der Waals surface area contributed by atoms with Gasteiger partial charge in [0.2, 0.25) is 0 Å². The number of para-hydroxylation sites is 1. The molecule has 0 spiro atoms. The van der Waals surface area contributed by atoms with Crippen LogP contribution in [-0.4, -0.2) is 4.57 Å². The molecule has 0 fully saturated rings. The molecule has 0 aliphatic rings. The zero-order chi connectivity index (χ0) is 25.2. The molecule has 4 rings (SSSR count). The van der Waals surface area contributed by atoms with Gasteiger partial charge in [0.05, 0.1) is 11.2 Å². The molecule has 1 aromatic heterocycles. The van der Waals surface area contributed by atoms with E-state index in [1.807, 2.05) is 59.8 Å². The fraction of sp³-hybridized carbons (Fsp3) is 0.188. The molecule has 0 bridgehead atoms. The number of hydrogen-bond acceptors (Lipinski definition) is 0. The van der Waals surface area contributed by atoms with E-state index in [0.29, 0.717) is 0 Å². The highest BCUT2D eigenvalue weighted by molar-refractivity contribution is 6.10. The molecule has 1 heterocycles. The summed E-state index contributed by atoms with van der Waals surface area (Å²) < 4.78 is 2.28. The van der Waals surface area contributed by atoms with Crippen molar-refractivity contribution < 1.29 is 0 Å². The number of allylic oxidation sites excluding steroid dienone is 2. The van der Waals surface area contributed by atoms with Crippen LogP contribution in [0.2, 0.25) is 0 Å². The Morgan fingerprint density at radius 3 is 1.64 bits per heavy atom. The minimum absolute atomic E-state index is 1.08. The number of aromatic nitrogens is 1. The zero-order valence-corrected chi connectivity index (χ0v) is 21.4. The third-order valence-corrected chi connectivity index (χ3v) is 4.34. The predicted molar refractivity (Wildman–Crippen MR) is 155 cm³/mol. The van der Waals surface area contributed by atoms with Crippen molar-refractivity contribution in [2.24, 2.45) is 0 Å². The normalized spacial score (nSPS) is 8.79. The van der Waals surface area contributed by atoms with E-state index in [4.69, 9.17) is 0 Å². The van der Waals surface area contributed by atoms with Crippen LogP contribution in [-0.2, 0) is 0 Å². The lowest BCUT2D eigenvalue weighted by atomic mass is 10.0. The SMILES string of the molecule is C=CC.C=CC.C=Cc1c(C=C)n(-c2ccccc2)c2c1ccc1ccccc12.CC.CC. The molecule has 0 unspecified atom stereocenters. The molecule has 0 saturated heterocycles. The minimum Gasteiger partial charge on any atom is -0.309 e. The van der Waals surface area contributed by atoms with Crippen molar-refractivity contribution in [1.29, 1.82) is 0 Å². The molecule has 3 aromatic carbocycles. The molecule has 0 N–H and O–H groups in total. The van der Waals surface area contributed by atoms with E-state index in [9.17, 15) is 0 Å². The Hall–Kier alpha value is -3.58. The zero-order valence-electron chi connectivity index (χ0n) is 21.4. The topological polar surface area (TPSA) is 4.93 Å². The lowest BCUT2D eigenvalue weighted by Crippen LogP contribution is -1.96. The summed E-state index contributed by atoms with van der Waals surface area (Å²) in [5.74, 6) is 0. The molecule has 0 aliphatic heterocycles. The van der Waals surface area contributed by atoms with Crippen LogP contribution >= 0.6 is 0 Å². The number of benzene rings is 3. The van der Waals surface area contributed by atoms with Gasteiger partial charge in [-0.1, -0.05) is 114 Å². The highest BCUT2D eigenvalue weighted by Crippen LogP contribution is 2.35. The van der Waals surface area contributed by atoms with Crippen LogP contribution in [0.5, 0.6) is 0 Å². The molecule has 0 radical (unpaired) electrons. The van der Waals surface area contributed by atoms with E-state index >= 15 is 0 Å². The van der Waals surface area contributed by atoms with Gasteiger partial charge in [-0.2, -0.15) is 0 Å². The molecule has 1 heteroatoms. The average Bonchev–Trinajstić information content (AvgIpc) is 3.22. The molecule has 1 nitrogen and oxygen atoms in total. The molecular formula is C32H41N. The number of rotatable bonds is 3. The van der Waals surface area contributed by atoms with Crippen molar-refractivity contribution >= 4 is 33.8 Å². The summed E-state index contributed by atoms with van der Waals surface area (Å²) in [5, 5.41) is 3.68. The molecule has 0 atom stereocenters. The monoisotopic (exact) mass is 439 g/mol. The van der Waals surface area contributed by atoms with Gasteiger partial charge >= 0.3 is 0 Å². The third kappa shape index (κ3) is 7.22. The van der Waals surface area contributed by atoms with Crippen molar-refractivity contribution in [2.75, 3.05) is 0 Å². The first-order valence-electron chi connectivity index (χ1n) is 11.7. The second-order valence-electron chi connectivity index (χ2n) is 6.38. The first kappa shape index (κ1) is 29.4. The van der Waals surface area contributed by atoms with E-state index in [0.717, 1.165) is 16.9 Å². The summed E-state index contributed by atoms with van der Waals surface area (Å²) in [5.41, 5.74) is 4.55. The third-order valence-electron chi connectivity index (χ3n) is 4.34. The summed E-state index contributed by atoms with van der Waals surface area (Å²) in [7, 11) is 0. The summed E-state index contributed by atoms with van der Waals surface area (Å²) in [6.07, 6.45) is 7.34. The molecule has 174 valence electrons. The summed E-state index contributed by atoms with van der Waals surface area (Å²) >= 11 is 0. The first-order chi connectivity index (χ1) is 16.2. The van der Waals surface area contributed by atoms with Crippen molar-refractivity contribution in [3.8, 4) is 5.69 Å². The van der Waals surface area contributed by atoms with Crippen LogP contribution < -0.4 is 0 Å². The van der Waals surface area contributed by atoms with Gasteiger partial charge in [0.15, 0.2) is 0 Å². The number of fused-ring (bicyclic) bond motifs is 3. The van der Waals surface area contributed by atoms with Gasteiger partial charge < -0.3 is 4.57 Å². The van der Waals surface area contributed by atoms with Crippen molar-refractivity contribution in [2.45, 2.75) is 41.5 Å². The van der Waals surface area contributed by atoms with Gasteiger partial charge in [0.1, 0.15) is 0 Å². The summed E-state index contributed by atoms with van der Waals surface area (Å²) in [6, 6.07) is 23.3. The Labute approximate surface area is 202 Å². The van der Waals surface area contributed by atoms with Crippen LogP contribution in [0.25, 0.3) is 39.5 Å². The minimum atomic E-state index is 1.08. The van der Waals surface area contributed by atoms with Gasteiger partial charge in [-0.15, -0.1) is 13.2 Å². The van der Waals surface area contributed by atoms with Crippen molar-refractivity contribution in [1.82, 2.24) is 4.57 Å². The standard InChI is InChI=1S/C22H17N.2C3H6.2C2H6/c1-3-18-20-15-14-16-10-8-9-13-19(16)22(20)23(21(18)4-2)17-11-6-5-7-12-17;2*1-3-2;2*1-2/h3-15H,1-2H2;2*3H,1H2,2H3;2*1-2H3. The Balaban J connectivity index is 0.000000895. The summed E-state index contributed by atoms with van der Waals surface area (Å²) in [4.78, 5) is 0. The van der Waals surface area contributed by atoms with Crippen molar-refractivity contribution in [3.05, 3.63) is 116 Å². The lowest BCUT2D eigenvalue weighted by Gasteiger charge is -2.10. The van der Waals surface area contributed by atoms with Crippen LogP contribution in [0.4, 0.5) is 0 Å². The van der Waals surface area contributed by atoms with Gasteiger partial charge in [0.25, 0.3) is 0 Å². The molecule has 33 heavy (non-hydrogen) atoms. The molecule has 0 aliphatic carbocycles. The molecule has 0 amide bonds. The summed E-state index contributed by atoms with van der Waals surface area (Å²) in [6.45, 7) is 26.5. The Bertz CT molecular complexity index is 1120. The number of nitrogens with zero attached hydrogens (tertiary/aromatic N) is 1. The van der Waals surface area contributed by atoms with E-state index < -0.39 is 0 Å². The molecule has 0 saturated carbocycles. The number of hydrogen-bond donors (Lipinski definition) is 0. The van der Waals surface area contributed by atoms with Gasteiger partial charge in [0, 0.05) is 22.0 Å². The van der Waals surface area contributed by atoms with E-state index in [1.54, 1.807) is 12.2 Å². The highest BCUT2D eigenvalue weighted by atomic mass is 15.0. The van der Waals surface area contributed by atoms with E-state index in [2.05, 4.69) is 91.5 Å². The van der Waals surface area contributed by atoms with Crippen molar-refractivity contribution in [3.63, 3.8) is 0 Å². The average molecular weight is 440 g/mol. The fourth-order valence-electron chi connectivity index (χ4n) is 3.35. The Kier molecular flexibility index (Phi) is 15.2. The van der Waals surface area contributed by atoms with Gasteiger partial charge in [-0.25, -0.2) is 0 Å². The maximum absolute atomic E-state index is 4.03. The maximum atomic E-state index is 4.03. The van der Waals surface area contributed by atoms with Crippen LogP contribution in [0, 0.1) is 0 Å². The highest BCUT2D eigenvalue weighted by Gasteiger charge is 2.16.